The van der Waals surface area contributed by atoms with Crippen LogP contribution in [0.3, 0.4) is 0 Å². The fourth-order valence-corrected chi connectivity index (χ4v) is 13.8. The number of rotatable bonds is 7. The van der Waals surface area contributed by atoms with Crippen molar-refractivity contribution >= 4 is 115 Å². The Morgan fingerprint density at radius 2 is 0.955 bits per heavy atom. The van der Waals surface area contributed by atoms with Crippen LogP contribution in [0.25, 0.3) is 159 Å². The Morgan fingerprint density at radius 3 is 1.70 bits per heavy atom. The van der Waals surface area contributed by atoms with Gasteiger partial charge in [0.25, 0.3) is 6.33 Å². The highest BCUT2D eigenvalue weighted by molar-refractivity contribution is 6.15. The van der Waals surface area contributed by atoms with Gasteiger partial charge in [0.15, 0.2) is 0 Å². The molecule has 18 rings (SSSR count). The first-order chi connectivity index (χ1) is 43.7. The molecule has 6 aromatic heterocycles. The second-order valence-electron chi connectivity index (χ2n) is 24.5. The summed E-state index contributed by atoms with van der Waals surface area (Å²) < 4.78 is 26.5. The van der Waals surface area contributed by atoms with E-state index in [-0.39, 0.29) is 5.41 Å². The zero-order valence-electron chi connectivity index (χ0n) is 49.0. The van der Waals surface area contributed by atoms with Gasteiger partial charge in [0.2, 0.25) is 0 Å². The van der Waals surface area contributed by atoms with Gasteiger partial charge in [-0.05, 0) is 186 Å². The molecule has 0 N–H and O–H groups in total. The van der Waals surface area contributed by atoms with Crippen molar-refractivity contribution in [2.24, 2.45) is 0 Å². The fraction of sp³-hybridized carbons (Fsp3) is 0.0488. The minimum atomic E-state index is -0.0471. The smallest absolute Gasteiger partial charge is 0.269 e. The largest absolute Gasteiger partial charge is 0.458 e. The molecule has 0 aliphatic rings. The molecule has 0 saturated carbocycles. The summed E-state index contributed by atoms with van der Waals surface area (Å²) in [4.78, 5) is 4.95. The van der Waals surface area contributed by atoms with E-state index in [4.69, 9.17) is 18.6 Å². The molecule has 420 valence electrons. The van der Waals surface area contributed by atoms with Crippen molar-refractivity contribution in [3.63, 3.8) is 0 Å². The molecule has 0 aliphatic heterocycles. The summed E-state index contributed by atoms with van der Waals surface area (Å²) in [6, 6.07) is 95.7. The number of benzene rings is 12. The van der Waals surface area contributed by atoms with Gasteiger partial charge in [-0.3, -0.25) is 13.5 Å². The van der Waals surface area contributed by atoms with Crippen LogP contribution < -0.4 is 9.14 Å². The Morgan fingerprint density at radius 1 is 0.382 bits per heavy atom. The zero-order chi connectivity index (χ0) is 59.1. The Bertz CT molecular complexity index is 5900. The molecule has 0 fully saturated rings. The van der Waals surface area contributed by atoms with Crippen LogP contribution >= 0.6 is 0 Å². The molecule has 0 saturated heterocycles. The number of aromatic nitrogens is 4. The summed E-state index contributed by atoms with van der Waals surface area (Å²) in [7, 11) is 0. The topological polar surface area (TPSA) is 62.4 Å². The number of para-hydroxylation sites is 5. The van der Waals surface area contributed by atoms with E-state index in [1.165, 1.54) is 5.56 Å². The first-order valence-corrected chi connectivity index (χ1v) is 30.3. The molecule has 12 aromatic carbocycles. The van der Waals surface area contributed by atoms with Crippen LogP contribution in [0.4, 0.5) is 0 Å². The molecule has 0 aliphatic carbocycles. The van der Waals surface area contributed by atoms with E-state index in [9.17, 15) is 0 Å². The van der Waals surface area contributed by atoms with Gasteiger partial charge in [0, 0.05) is 44.6 Å². The van der Waals surface area contributed by atoms with Crippen molar-refractivity contribution in [3.8, 4) is 56.4 Å². The minimum absolute atomic E-state index is 0.0471. The predicted molar refractivity (Wildman–Crippen MR) is 365 cm³/mol. The van der Waals surface area contributed by atoms with Gasteiger partial charge >= 0.3 is 0 Å². The zero-order valence-corrected chi connectivity index (χ0v) is 49.0. The van der Waals surface area contributed by atoms with E-state index in [2.05, 4.69) is 277 Å². The number of hydrogen-bond acceptors (Lipinski definition) is 4. The van der Waals surface area contributed by atoms with Gasteiger partial charge < -0.3 is 13.6 Å². The number of pyridine rings is 1. The molecule has 0 radical (unpaired) electrons. The lowest BCUT2D eigenvalue weighted by Crippen LogP contribution is -2.21. The second kappa shape index (κ2) is 19.5. The van der Waals surface area contributed by atoms with Gasteiger partial charge in [0.05, 0.1) is 33.3 Å². The molecule has 89 heavy (non-hydrogen) atoms. The van der Waals surface area contributed by atoms with Crippen LogP contribution in [0.15, 0.2) is 282 Å². The van der Waals surface area contributed by atoms with E-state index in [0.29, 0.717) is 5.75 Å². The Balaban J connectivity index is 0.870. The summed E-state index contributed by atoms with van der Waals surface area (Å²) in [6.45, 7) is 6.72. The number of furan rings is 2. The van der Waals surface area contributed by atoms with Gasteiger partial charge in [-0.1, -0.05) is 172 Å². The monoisotopic (exact) mass is 1140 g/mol. The Labute approximate surface area is 511 Å². The maximum atomic E-state index is 6.97. The molecular weight excluding hydrogens is 1090 g/mol. The van der Waals surface area contributed by atoms with Gasteiger partial charge in [-0.2, -0.15) is 0 Å². The standard InChI is InChI=1S/C82H54N4O3/c1-82(2,3)57-38-39-83-79(46-57)86-72-28-9-6-22-65(72)66-35-34-60(48-74(66)86)87-59-19-13-18-58(47-59)84-49-85-80-63(25-14-27-69(80)64-21-5-4-20-61(64)52-16-12-17-53(40-52)62-26-15-29-73(84)81(62)85)56-42-54(50-32-36-77-70(44-50)67-23-7-10-30-75(67)88-77)41-55(43-56)51-33-37-78-71(45-51)68-24-8-11-31-76(68)89-78/h4-48H,1-3H3. The lowest BCUT2D eigenvalue weighted by atomic mass is 9.88. The molecule has 18 aromatic rings. The van der Waals surface area contributed by atoms with Crippen LogP contribution in [0, 0.1) is 6.33 Å². The maximum Gasteiger partial charge on any atom is 0.269 e. The summed E-state index contributed by atoms with van der Waals surface area (Å²) in [5.74, 6) is 2.29. The summed E-state index contributed by atoms with van der Waals surface area (Å²) in [5.41, 5.74) is 17.1. The average Bonchev–Trinajstić information content (AvgIpc) is 1.97. The van der Waals surface area contributed by atoms with Gasteiger partial charge in [-0.15, -0.1) is 0 Å². The van der Waals surface area contributed by atoms with Crippen molar-refractivity contribution in [3.05, 3.63) is 285 Å². The molecule has 2 bridgehead atoms. The first kappa shape index (κ1) is 50.8. The SMILES string of the molecule is CC(C)(C)c1ccnc(-n2c3ccccc3c3ccc(Oc4cccc(-n5[c-][n+]6c7c(-c8cc(-c9ccc%10oc%11ccccc%11c%10c9)cc(-c9ccc%10oc%11ccccc%11c%10c9)c8)cccc7c7ccccc7c7cccc(c7)c7cccc5c76)c4)cc32)c1. The fourth-order valence-electron chi connectivity index (χ4n) is 13.8. The predicted octanol–water partition coefficient (Wildman–Crippen LogP) is 21.6. The number of fused-ring (bicyclic) bond motifs is 17. The highest BCUT2D eigenvalue weighted by Gasteiger charge is 2.22. The number of hydrogen-bond donors (Lipinski definition) is 0. The third-order valence-corrected chi connectivity index (χ3v) is 18.1. The molecule has 0 atom stereocenters. The molecule has 7 heteroatoms. The van der Waals surface area contributed by atoms with Gasteiger partial charge in [-0.25, -0.2) is 4.98 Å². The molecule has 0 unspecified atom stereocenters. The van der Waals surface area contributed by atoms with Crippen molar-refractivity contribution in [2.45, 2.75) is 26.2 Å². The summed E-state index contributed by atoms with van der Waals surface area (Å²) in [6.07, 6.45) is 5.97. The third-order valence-electron chi connectivity index (χ3n) is 18.1. The third kappa shape index (κ3) is 8.19. The minimum Gasteiger partial charge on any atom is -0.458 e. The first-order valence-electron chi connectivity index (χ1n) is 30.3. The Hall–Kier alpha value is -11.5. The summed E-state index contributed by atoms with van der Waals surface area (Å²) >= 11 is 0. The quantitative estimate of drug-likeness (QED) is 0.118. The van der Waals surface area contributed by atoms with Crippen LogP contribution in [0.5, 0.6) is 11.5 Å². The molecular formula is C82H54N4O3. The van der Waals surface area contributed by atoms with Gasteiger partial charge in [0.1, 0.15) is 39.6 Å². The molecule has 0 amide bonds. The van der Waals surface area contributed by atoms with E-state index >= 15 is 0 Å². The van der Waals surface area contributed by atoms with Crippen LogP contribution in [-0.4, -0.2) is 14.1 Å². The van der Waals surface area contributed by atoms with E-state index in [1.54, 1.807) is 0 Å². The van der Waals surface area contributed by atoms with E-state index in [0.717, 1.165) is 165 Å². The van der Waals surface area contributed by atoms with Crippen molar-refractivity contribution in [1.29, 1.82) is 0 Å². The van der Waals surface area contributed by atoms with Crippen LogP contribution in [0.2, 0.25) is 0 Å². The van der Waals surface area contributed by atoms with E-state index in [1.807, 2.05) is 36.5 Å². The molecule has 7 nitrogen and oxygen atoms in total. The highest BCUT2D eigenvalue weighted by atomic mass is 16.5. The normalized spacial score (nSPS) is 12.2. The van der Waals surface area contributed by atoms with Crippen LogP contribution in [-0.2, 0) is 5.41 Å². The lowest BCUT2D eigenvalue weighted by Gasteiger charge is -2.20. The average molecular weight is 1140 g/mol. The number of nitrogens with zero attached hydrogens (tertiary/aromatic N) is 4. The molecule has 0 spiro atoms. The number of imidazole rings is 1. The number of ether oxygens (including phenoxy) is 1. The highest BCUT2D eigenvalue weighted by Crippen LogP contribution is 2.43. The van der Waals surface area contributed by atoms with Crippen molar-refractivity contribution in [1.82, 2.24) is 14.1 Å². The molecule has 6 heterocycles. The summed E-state index contributed by atoms with van der Waals surface area (Å²) in [5, 5.41) is 13.3. The second-order valence-corrected chi connectivity index (χ2v) is 24.5. The van der Waals surface area contributed by atoms with Crippen molar-refractivity contribution in [2.75, 3.05) is 0 Å². The van der Waals surface area contributed by atoms with Crippen molar-refractivity contribution < 1.29 is 18.0 Å². The van der Waals surface area contributed by atoms with E-state index < -0.39 is 0 Å². The van der Waals surface area contributed by atoms with Crippen LogP contribution in [0.1, 0.15) is 26.3 Å². The Kier molecular flexibility index (Phi) is 11.1. The lowest BCUT2D eigenvalue weighted by molar-refractivity contribution is -0.484. The maximum absolute atomic E-state index is 6.97.